The van der Waals surface area contributed by atoms with Gasteiger partial charge in [0.1, 0.15) is 11.6 Å². The van der Waals surface area contributed by atoms with Crippen LogP contribution in [0.5, 0.6) is 0 Å². The zero-order valence-corrected chi connectivity index (χ0v) is 16.9. The van der Waals surface area contributed by atoms with Gasteiger partial charge >= 0.3 is 0 Å². The second kappa shape index (κ2) is 6.88. The molecular weight excluding hydrogens is 384 g/mol. The number of ketones is 2. The molecule has 4 heteroatoms. The van der Waals surface area contributed by atoms with Crippen LogP contribution >= 0.6 is 0 Å². The van der Waals surface area contributed by atoms with E-state index in [0.29, 0.717) is 6.42 Å². The lowest BCUT2D eigenvalue weighted by Gasteiger charge is -2.14. The number of nitrogens with zero attached hydrogens (tertiary/aromatic N) is 1. The molecule has 0 aliphatic heterocycles. The first kappa shape index (κ1) is 18.0. The maximum absolute atomic E-state index is 12.3. The summed E-state index contributed by atoms with van der Waals surface area (Å²) in [6, 6.07) is 21.0. The molecule has 1 N–H and O–H groups in total. The molecule has 1 aromatic heterocycles. The molecule has 0 bridgehead atoms. The van der Waals surface area contributed by atoms with Gasteiger partial charge in [-0.15, -0.1) is 0 Å². The van der Waals surface area contributed by atoms with Crippen LogP contribution in [0.15, 0.2) is 72.8 Å². The molecule has 1 heterocycles. The van der Waals surface area contributed by atoms with Gasteiger partial charge in [-0.05, 0) is 52.8 Å². The highest BCUT2D eigenvalue weighted by molar-refractivity contribution is 6.08. The van der Waals surface area contributed by atoms with Crippen LogP contribution in [0.4, 0.5) is 0 Å². The highest BCUT2D eigenvalue weighted by Crippen LogP contribution is 2.41. The fourth-order valence-corrected chi connectivity index (χ4v) is 4.87. The average molecular weight is 404 g/mol. The van der Waals surface area contributed by atoms with Gasteiger partial charge in [0.2, 0.25) is 0 Å². The Kier molecular flexibility index (Phi) is 4.00. The standard InChI is InChI=1S/C27H20N2O2/c30-19-12-11-17(25(31)15-19)13-18-6-3-10-24-26(18)29-27(28-24)22-9-4-8-21-20-7-2-1-5-16(20)14-23(21)22/h1-12,17H,13-15H2,(H,28,29). The Morgan fingerprint density at radius 3 is 2.58 bits per heavy atom. The number of carbonyl (C=O) groups is 2. The van der Waals surface area contributed by atoms with Crippen molar-refractivity contribution in [2.45, 2.75) is 19.3 Å². The molecule has 150 valence electrons. The van der Waals surface area contributed by atoms with Crippen molar-refractivity contribution < 1.29 is 9.59 Å². The van der Waals surface area contributed by atoms with Crippen molar-refractivity contribution in [2.75, 3.05) is 0 Å². The SMILES string of the molecule is O=C1C=CC(Cc2cccc3[nH]c(-c4cccc5c4Cc4ccccc4-5)nc23)C(=O)C1. The minimum atomic E-state index is -0.265. The van der Waals surface area contributed by atoms with Crippen LogP contribution in [0, 0.1) is 5.92 Å². The van der Waals surface area contributed by atoms with Crippen molar-refractivity contribution in [1.82, 2.24) is 9.97 Å². The molecule has 0 fully saturated rings. The summed E-state index contributed by atoms with van der Waals surface area (Å²) in [6.45, 7) is 0. The summed E-state index contributed by atoms with van der Waals surface area (Å²) in [5, 5.41) is 0. The largest absolute Gasteiger partial charge is 0.338 e. The van der Waals surface area contributed by atoms with Gasteiger partial charge in [-0.2, -0.15) is 0 Å². The van der Waals surface area contributed by atoms with Crippen molar-refractivity contribution >= 4 is 22.6 Å². The van der Waals surface area contributed by atoms with Crippen LogP contribution in [0.1, 0.15) is 23.1 Å². The fourth-order valence-electron chi connectivity index (χ4n) is 4.87. The summed E-state index contributed by atoms with van der Waals surface area (Å²) in [7, 11) is 0. The molecule has 31 heavy (non-hydrogen) atoms. The topological polar surface area (TPSA) is 62.8 Å². The normalized spacial score (nSPS) is 17.2. The highest BCUT2D eigenvalue weighted by Gasteiger charge is 2.25. The minimum absolute atomic E-state index is 0.000327. The van der Waals surface area contributed by atoms with Crippen LogP contribution in [0.25, 0.3) is 33.5 Å². The van der Waals surface area contributed by atoms with Crippen molar-refractivity contribution in [3.8, 4) is 22.5 Å². The van der Waals surface area contributed by atoms with E-state index in [1.54, 1.807) is 6.08 Å². The van der Waals surface area contributed by atoms with E-state index in [2.05, 4.69) is 47.4 Å². The average Bonchev–Trinajstić information content (AvgIpc) is 3.37. The van der Waals surface area contributed by atoms with E-state index in [-0.39, 0.29) is 23.9 Å². The molecule has 6 rings (SSSR count). The zero-order chi connectivity index (χ0) is 20.9. The molecule has 4 aromatic rings. The van der Waals surface area contributed by atoms with Gasteiger partial charge in [0.25, 0.3) is 0 Å². The van der Waals surface area contributed by atoms with E-state index in [0.717, 1.165) is 34.4 Å². The smallest absolute Gasteiger partial charge is 0.162 e. The predicted octanol–water partition coefficient (Wildman–Crippen LogP) is 5.06. The third-order valence-corrected chi connectivity index (χ3v) is 6.42. The molecule has 3 aromatic carbocycles. The molecular formula is C27H20N2O2. The second-order valence-corrected chi connectivity index (χ2v) is 8.34. The molecule has 0 radical (unpaired) electrons. The van der Waals surface area contributed by atoms with Gasteiger partial charge in [0.05, 0.1) is 17.5 Å². The monoisotopic (exact) mass is 404 g/mol. The van der Waals surface area contributed by atoms with Gasteiger partial charge in [0.15, 0.2) is 5.78 Å². The maximum atomic E-state index is 12.3. The number of H-pyrrole nitrogens is 1. The zero-order valence-electron chi connectivity index (χ0n) is 16.9. The van der Waals surface area contributed by atoms with Crippen molar-refractivity contribution in [1.29, 1.82) is 0 Å². The van der Waals surface area contributed by atoms with Crippen LogP contribution < -0.4 is 0 Å². The lowest BCUT2D eigenvalue weighted by Crippen LogP contribution is -2.22. The number of allylic oxidation sites excluding steroid dienone is 2. The number of Topliss-reactive ketones (excluding diaryl/α,β-unsaturated/α-hetero) is 1. The number of para-hydroxylation sites is 1. The third kappa shape index (κ3) is 2.95. The first-order valence-electron chi connectivity index (χ1n) is 10.6. The molecule has 4 nitrogen and oxygen atoms in total. The summed E-state index contributed by atoms with van der Waals surface area (Å²) in [4.78, 5) is 32.3. The Morgan fingerprint density at radius 2 is 1.68 bits per heavy atom. The van der Waals surface area contributed by atoms with Gasteiger partial charge in [-0.3, -0.25) is 9.59 Å². The Hall–Kier alpha value is -3.79. The van der Waals surface area contributed by atoms with Crippen molar-refractivity contribution in [2.24, 2.45) is 5.92 Å². The van der Waals surface area contributed by atoms with Gasteiger partial charge in [0, 0.05) is 11.5 Å². The number of hydrogen-bond acceptors (Lipinski definition) is 3. The van der Waals surface area contributed by atoms with Crippen molar-refractivity contribution in [3.05, 3.63) is 89.5 Å². The number of aromatic amines is 1. The first-order chi connectivity index (χ1) is 15.2. The summed E-state index contributed by atoms with van der Waals surface area (Å²) in [5.74, 6) is 0.464. The number of nitrogens with one attached hydrogen (secondary N) is 1. The fraction of sp³-hybridized carbons (Fsp3) is 0.148. The van der Waals surface area contributed by atoms with E-state index in [1.165, 1.54) is 28.3 Å². The van der Waals surface area contributed by atoms with Gasteiger partial charge in [-0.1, -0.05) is 60.7 Å². The quantitative estimate of drug-likeness (QED) is 0.428. The number of benzene rings is 3. The number of carbonyl (C=O) groups excluding carboxylic acids is 2. The van der Waals surface area contributed by atoms with Crippen molar-refractivity contribution in [3.63, 3.8) is 0 Å². The van der Waals surface area contributed by atoms with Crippen LogP contribution in [0.3, 0.4) is 0 Å². The summed E-state index contributed by atoms with van der Waals surface area (Å²) >= 11 is 0. The predicted molar refractivity (Wildman–Crippen MR) is 121 cm³/mol. The summed E-state index contributed by atoms with van der Waals surface area (Å²) in [5.41, 5.74) is 9.22. The van der Waals surface area contributed by atoms with Crippen LogP contribution in [0.2, 0.25) is 0 Å². The number of aromatic nitrogens is 2. The van der Waals surface area contributed by atoms with E-state index in [9.17, 15) is 9.59 Å². The number of imidazole rings is 1. The number of fused-ring (bicyclic) bond motifs is 4. The van der Waals surface area contributed by atoms with Crippen LogP contribution in [-0.2, 0) is 22.4 Å². The summed E-state index contributed by atoms with van der Waals surface area (Å²) in [6.07, 6.45) is 4.73. The number of rotatable bonds is 3. The van der Waals surface area contributed by atoms with Gasteiger partial charge < -0.3 is 4.98 Å². The lowest BCUT2D eigenvalue weighted by molar-refractivity contribution is -0.127. The van der Waals surface area contributed by atoms with Gasteiger partial charge in [-0.25, -0.2) is 4.98 Å². The molecule has 0 spiro atoms. The molecule has 0 saturated carbocycles. The first-order valence-corrected chi connectivity index (χ1v) is 10.6. The Balaban J connectivity index is 1.42. The maximum Gasteiger partial charge on any atom is 0.162 e. The highest BCUT2D eigenvalue weighted by atomic mass is 16.1. The van der Waals surface area contributed by atoms with Crippen LogP contribution in [-0.4, -0.2) is 21.5 Å². The van der Waals surface area contributed by atoms with E-state index >= 15 is 0 Å². The third-order valence-electron chi connectivity index (χ3n) is 6.42. The minimum Gasteiger partial charge on any atom is -0.338 e. The Bertz CT molecular complexity index is 1410. The van der Waals surface area contributed by atoms with E-state index in [1.807, 2.05) is 18.2 Å². The van der Waals surface area contributed by atoms with E-state index < -0.39 is 0 Å². The molecule has 2 aliphatic rings. The lowest BCUT2D eigenvalue weighted by atomic mass is 9.88. The Morgan fingerprint density at radius 1 is 0.871 bits per heavy atom. The molecule has 0 saturated heterocycles. The number of hydrogen-bond donors (Lipinski definition) is 1. The molecule has 1 unspecified atom stereocenters. The molecule has 0 amide bonds. The molecule has 1 atom stereocenters. The Labute approximate surface area is 179 Å². The van der Waals surface area contributed by atoms with E-state index in [4.69, 9.17) is 4.98 Å². The molecule has 2 aliphatic carbocycles. The summed E-state index contributed by atoms with van der Waals surface area (Å²) < 4.78 is 0. The second-order valence-electron chi connectivity index (χ2n) is 8.34.